The van der Waals surface area contributed by atoms with Crippen molar-refractivity contribution in [1.29, 1.82) is 0 Å². The van der Waals surface area contributed by atoms with Gasteiger partial charge in [0.2, 0.25) is 0 Å². The number of morpholine rings is 1. The van der Waals surface area contributed by atoms with Crippen molar-refractivity contribution in [2.45, 2.75) is 39.8 Å². The summed E-state index contributed by atoms with van der Waals surface area (Å²) >= 11 is 1.77. The molecule has 1 fully saturated rings. The van der Waals surface area contributed by atoms with Crippen LogP contribution in [-0.2, 0) is 11.3 Å². The predicted octanol–water partition coefficient (Wildman–Crippen LogP) is 2.89. The first-order chi connectivity index (χ1) is 12.4. The van der Waals surface area contributed by atoms with Gasteiger partial charge >= 0.3 is 0 Å². The second-order valence-corrected chi connectivity index (χ2v) is 8.68. The number of rotatable bonds is 7. The molecule has 0 aliphatic carbocycles. The highest BCUT2D eigenvalue weighted by Gasteiger charge is 2.18. The van der Waals surface area contributed by atoms with Crippen molar-refractivity contribution in [3.05, 3.63) is 16.3 Å². The van der Waals surface area contributed by atoms with Gasteiger partial charge in [-0.25, -0.2) is 9.97 Å². The molecule has 0 amide bonds. The Morgan fingerprint density at radius 1 is 1.23 bits per heavy atom. The topological polar surface area (TPSA) is 53.5 Å². The van der Waals surface area contributed by atoms with Gasteiger partial charge in [-0.15, -0.1) is 11.3 Å². The van der Waals surface area contributed by atoms with Gasteiger partial charge in [-0.05, 0) is 53.4 Å². The van der Waals surface area contributed by atoms with Crippen molar-refractivity contribution >= 4 is 27.4 Å². The van der Waals surface area contributed by atoms with Gasteiger partial charge in [0.25, 0.3) is 0 Å². The zero-order chi connectivity index (χ0) is 18.7. The van der Waals surface area contributed by atoms with Crippen molar-refractivity contribution in [3.8, 4) is 0 Å². The van der Waals surface area contributed by atoms with Gasteiger partial charge in [0.15, 0.2) is 0 Å². The van der Waals surface area contributed by atoms with Gasteiger partial charge in [0, 0.05) is 24.0 Å². The SMILES string of the molecule is Cc1sc2nc(CN3CCOCC3)nc(NC(C)CCN(C)C)c2c1C. The Balaban J connectivity index is 1.85. The maximum Gasteiger partial charge on any atom is 0.146 e. The molecule has 0 bridgehead atoms. The van der Waals surface area contributed by atoms with Crippen molar-refractivity contribution in [3.63, 3.8) is 0 Å². The third-order valence-electron chi connectivity index (χ3n) is 4.94. The van der Waals surface area contributed by atoms with E-state index in [1.165, 1.54) is 15.8 Å². The molecule has 1 unspecified atom stereocenters. The van der Waals surface area contributed by atoms with Gasteiger partial charge < -0.3 is 15.0 Å². The number of hydrogen-bond donors (Lipinski definition) is 1. The Kier molecular flexibility index (Phi) is 6.45. The molecule has 6 nitrogen and oxygen atoms in total. The summed E-state index contributed by atoms with van der Waals surface area (Å²) in [6, 6.07) is 0.367. The third-order valence-corrected chi connectivity index (χ3v) is 6.04. The third kappa shape index (κ3) is 4.71. The van der Waals surface area contributed by atoms with Gasteiger partial charge in [0.1, 0.15) is 16.5 Å². The Morgan fingerprint density at radius 2 is 1.96 bits per heavy atom. The fourth-order valence-electron chi connectivity index (χ4n) is 3.19. The average Bonchev–Trinajstić information content (AvgIpc) is 2.88. The fourth-order valence-corrected chi connectivity index (χ4v) is 4.23. The molecule has 0 saturated carbocycles. The molecule has 7 heteroatoms. The van der Waals surface area contributed by atoms with Crippen molar-refractivity contribution in [2.24, 2.45) is 0 Å². The lowest BCUT2D eigenvalue weighted by atomic mass is 10.2. The summed E-state index contributed by atoms with van der Waals surface area (Å²) in [5.74, 6) is 1.90. The molecule has 1 atom stereocenters. The summed E-state index contributed by atoms with van der Waals surface area (Å²) in [6.07, 6.45) is 1.08. The number of anilines is 1. The molecule has 1 aliphatic rings. The molecule has 1 saturated heterocycles. The minimum absolute atomic E-state index is 0.367. The number of nitrogens with one attached hydrogen (secondary N) is 1. The van der Waals surface area contributed by atoms with E-state index in [1.54, 1.807) is 11.3 Å². The molecule has 1 aliphatic heterocycles. The summed E-state index contributed by atoms with van der Waals surface area (Å²) in [5, 5.41) is 4.85. The smallest absolute Gasteiger partial charge is 0.146 e. The van der Waals surface area contributed by atoms with E-state index in [0.717, 1.165) is 62.3 Å². The van der Waals surface area contributed by atoms with Crippen LogP contribution in [0.25, 0.3) is 10.2 Å². The van der Waals surface area contributed by atoms with Crippen LogP contribution in [0.3, 0.4) is 0 Å². The molecule has 0 aromatic carbocycles. The normalized spacial score (nSPS) is 17.2. The van der Waals surface area contributed by atoms with Crippen molar-refractivity contribution in [2.75, 3.05) is 52.3 Å². The number of thiophene rings is 1. The number of hydrogen-bond acceptors (Lipinski definition) is 7. The second kappa shape index (κ2) is 8.61. The molecule has 3 heterocycles. The number of fused-ring (bicyclic) bond motifs is 1. The molecule has 0 radical (unpaired) electrons. The Morgan fingerprint density at radius 3 is 2.65 bits per heavy atom. The highest BCUT2D eigenvalue weighted by molar-refractivity contribution is 7.18. The Labute approximate surface area is 160 Å². The highest BCUT2D eigenvalue weighted by Crippen LogP contribution is 2.33. The molecule has 2 aromatic rings. The molecule has 144 valence electrons. The minimum atomic E-state index is 0.367. The zero-order valence-electron chi connectivity index (χ0n) is 16.6. The maximum atomic E-state index is 5.45. The van der Waals surface area contributed by atoms with E-state index >= 15 is 0 Å². The van der Waals surface area contributed by atoms with Crippen LogP contribution in [0.5, 0.6) is 0 Å². The fraction of sp³-hybridized carbons (Fsp3) is 0.684. The molecule has 0 spiro atoms. The molecular formula is C19H31N5OS. The largest absolute Gasteiger partial charge is 0.379 e. The predicted molar refractivity (Wildman–Crippen MR) is 109 cm³/mol. The lowest BCUT2D eigenvalue weighted by Crippen LogP contribution is -2.36. The summed E-state index contributed by atoms with van der Waals surface area (Å²) < 4.78 is 5.45. The lowest BCUT2D eigenvalue weighted by Gasteiger charge is -2.26. The number of aryl methyl sites for hydroxylation is 2. The van der Waals surface area contributed by atoms with E-state index in [4.69, 9.17) is 14.7 Å². The molecule has 26 heavy (non-hydrogen) atoms. The van der Waals surface area contributed by atoms with E-state index in [2.05, 4.69) is 50.0 Å². The van der Waals surface area contributed by atoms with Gasteiger partial charge in [-0.1, -0.05) is 0 Å². The highest BCUT2D eigenvalue weighted by atomic mass is 32.1. The maximum absolute atomic E-state index is 5.45. The standard InChI is InChI=1S/C19H31N5OS/c1-13(6-7-23(4)5)20-18-17-14(2)15(3)26-19(17)22-16(21-18)12-24-8-10-25-11-9-24/h13H,6-12H2,1-5H3,(H,20,21,22). The monoisotopic (exact) mass is 377 g/mol. The molecular weight excluding hydrogens is 346 g/mol. The van der Waals surface area contributed by atoms with Crippen LogP contribution in [-0.4, -0.2) is 72.8 Å². The van der Waals surface area contributed by atoms with E-state index in [0.29, 0.717) is 6.04 Å². The van der Waals surface area contributed by atoms with Gasteiger partial charge in [0.05, 0.1) is 25.1 Å². The number of nitrogens with zero attached hydrogens (tertiary/aromatic N) is 4. The first-order valence-corrected chi connectivity index (χ1v) is 10.2. The Hall–Kier alpha value is -1.28. The second-order valence-electron chi connectivity index (χ2n) is 7.48. The minimum Gasteiger partial charge on any atom is -0.379 e. The van der Waals surface area contributed by atoms with E-state index in [-0.39, 0.29) is 0 Å². The molecule has 3 rings (SSSR count). The van der Waals surface area contributed by atoms with Crippen LogP contribution in [0.1, 0.15) is 29.6 Å². The van der Waals surface area contributed by atoms with Crippen LogP contribution in [0, 0.1) is 13.8 Å². The summed E-state index contributed by atoms with van der Waals surface area (Å²) in [4.78, 5) is 16.8. The van der Waals surface area contributed by atoms with Gasteiger partial charge in [-0.2, -0.15) is 0 Å². The average molecular weight is 378 g/mol. The van der Waals surface area contributed by atoms with Crippen LogP contribution in [0.15, 0.2) is 0 Å². The molecule has 1 N–H and O–H groups in total. The quantitative estimate of drug-likeness (QED) is 0.801. The first kappa shape index (κ1) is 19.5. The lowest BCUT2D eigenvalue weighted by molar-refractivity contribution is 0.0331. The number of ether oxygens (including phenoxy) is 1. The molecule has 2 aromatic heterocycles. The summed E-state index contributed by atoms with van der Waals surface area (Å²) in [6.45, 7) is 11.9. The Bertz CT molecular complexity index is 739. The first-order valence-electron chi connectivity index (χ1n) is 9.42. The summed E-state index contributed by atoms with van der Waals surface area (Å²) in [7, 11) is 4.23. The summed E-state index contributed by atoms with van der Waals surface area (Å²) in [5.41, 5.74) is 1.30. The van der Waals surface area contributed by atoms with Crippen LogP contribution < -0.4 is 5.32 Å². The number of aromatic nitrogens is 2. The van der Waals surface area contributed by atoms with Crippen molar-refractivity contribution in [1.82, 2.24) is 19.8 Å². The van der Waals surface area contributed by atoms with E-state index in [1.807, 2.05) is 0 Å². The van der Waals surface area contributed by atoms with E-state index in [9.17, 15) is 0 Å². The zero-order valence-corrected chi connectivity index (χ0v) is 17.4. The van der Waals surface area contributed by atoms with Crippen LogP contribution in [0.2, 0.25) is 0 Å². The van der Waals surface area contributed by atoms with Gasteiger partial charge in [-0.3, -0.25) is 4.90 Å². The van der Waals surface area contributed by atoms with Crippen LogP contribution in [0.4, 0.5) is 5.82 Å². The van der Waals surface area contributed by atoms with E-state index < -0.39 is 0 Å². The van der Waals surface area contributed by atoms with Crippen LogP contribution >= 0.6 is 11.3 Å². The van der Waals surface area contributed by atoms with Crippen molar-refractivity contribution < 1.29 is 4.74 Å².